The lowest BCUT2D eigenvalue weighted by molar-refractivity contribution is -0.117. The largest absolute Gasteiger partial charge is 0.324 e. The van der Waals surface area contributed by atoms with Gasteiger partial charge in [0.1, 0.15) is 0 Å². The van der Waals surface area contributed by atoms with Crippen molar-refractivity contribution in [3.05, 3.63) is 72.3 Å². The number of nitrogens with one attached hydrogen (secondary N) is 1. The molecule has 3 aromatic rings. The number of amides is 1. The van der Waals surface area contributed by atoms with E-state index in [2.05, 4.69) is 5.32 Å². The monoisotopic (exact) mass is 397 g/mol. The van der Waals surface area contributed by atoms with Crippen LogP contribution in [-0.2, 0) is 14.8 Å². The molecule has 0 radical (unpaired) electrons. The maximum absolute atomic E-state index is 12.5. The highest BCUT2D eigenvalue weighted by Crippen LogP contribution is 2.24. The molecule has 0 aliphatic rings. The number of anilines is 1. The van der Waals surface area contributed by atoms with Crippen molar-refractivity contribution >= 4 is 32.4 Å². The predicted molar refractivity (Wildman–Crippen MR) is 111 cm³/mol. The molecule has 0 aliphatic carbocycles. The van der Waals surface area contributed by atoms with Crippen LogP contribution in [0.2, 0.25) is 0 Å². The highest BCUT2D eigenvalue weighted by atomic mass is 32.2. The number of likely N-dealkylation sites (N-methyl/N-ethyl adjacent to an activating group) is 1. The molecule has 1 unspecified atom stereocenters. The number of nitrogens with two attached hydrogens (primary N) is 1. The van der Waals surface area contributed by atoms with Crippen LogP contribution < -0.4 is 10.5 Å². The van der Waals surface area contributed by atoms with Crippen LogP contribution in [0.15, 0.2) is 71.6 Å². The Balaban J connectivity index is 1.68. The minimum absolute atomic E-state index is 0.0693. The Morgan fingerprint density at radius 2 is 1.68 bits per heavy atom. The molecule has 3 rings (SSSR count). The molecule has 3 N–H and O–H groups in total. The molecule has 146 valence electrons. The summed E-state index contributed by atoms with van der Waals surface area (Å²) in [4.78, 5) is 14.5. The number of carbonyl (C=O) groups is 1. The summed E-state index contributed by atoms with van der Waals surface area (Å²) in [5.74, 6) is -0.119. The van der Waals surface area contributed by atoms with Crippen molar-refractivity contribution < 1.29 is 13.2 Å². The molecular weight excluding hydrogens is 374 g/mol. The second-order valence-corrected chi connectivity index (χ2v) is 8.34. The third kappa shape index (κ3) is 4.56. The van der Waals surface area contributed by atoms with Gasteiger partial charge in [0.25, 0.3) is 0 Å². The van der Waals surface area contributed by atoms with Gasteiger partial charge in [-0.25, -0.2) is 13.6 Å². The van der Waals surface area contributed by atoms with Crippen LogP contribution >= 0.6 is 0 Å². The van der Waals surface area contributed by atoms with Gasteiger partial charge in [-0.2, -0.15) is 0 Å². The van der Waals surface area contributed by atoms with E-state index in [4.69, 9.17) is 5.14 Å². The van der Waals surface area contributed by atoms with E-state index in [1.807, 2.05) is 61.3 Å². The highest BCUT2D eigenvalue weighted by Gasteiger charge is 2.16. The summed E-state index contributed by atoms with van der Waals surface area (Å²) in [5, 5.41) is 10.2. The number of primary sulfonamides is 1. The fourth-order valence-electron chi connectivity index (χ4n) is 3.08. The average molecular weight is 398 g/mol. The lowest BCUT2D eigenvalue weighted by Crippen LogP contribution is -2.32. The van der Waals surface area contributed by atoms with E-state index in [1.54, 1.807) is 12.1 Å². The van der Waals surface area contributed by atoms with Crippen molar-refractivity contribution in [1.29, 1.82) is 0 Å². The number of rotatable bonds is 6. The van der Waals surface area contributed by atoms with Crippen LogP contribution in [-0.4, -0.2) is 32.8 Å². The molecule has 28 heavy (non-hydrogen) atoms. The number of hydrogen-bond donors (Lipinski definition) is 2. The van der Waals surface area contributed by atoms with E-state index in [9.17, 15) is 13.2 Å². The van der Waals surface area contributed by atoms with Crippen molar-refractivity contribution in [3.63, 3.8) is 0 Å². The fraction of sp³-hybridized carbons (Fsp3) is 0.190. The van der Waals surface area contributed by atoms with Crippen LogP contribution in [0.4, 0.5) is 5.69 Å². The lowest BCUT2D eigenvalue weighted by atomic mass is 10.1. The quantitative estimate of drug-likeness (QED) is 0.668. The lowest BCUT2D eigenvalue weighted by Gasteiger charge is -2.24. The Morgan fingerprint density at radius 1 is 1.04 bits per heavy atom. The molecule has 0 bridgehead atoms. The molecule has 1 atom stereocenters. The molecule has 0 saturated heterocycles. The number of nitrogens with zero attached hydrogens (tertiary/aromatic N) is 1. The van der Waals surface area contributed by atoms with Crippen molar-refractivity contribution in [3.8, 4) is 0 Å². The van der Waals surface area contributed by atoms with E-state index in [0.29, 0.717) is 0 Å². The van der Waals surface area contributed by atoms with Crippen LogP contribution in [0.5, 0.6) is 0 Å². The highest BCUT2D eigenvalue weighted by molar-refractivity contribution is 7.89. The first-order chi connectivity index (χ1) is 13.3. The molecule has 0 heterocycles. The summed E-state index contributed by atoms with van der Waals surface area (Å²) < 4.78 is 22.7. The first-order valence-electron chi connectivity index (χ1n) is 8.86. The van der Waals surface area contributed by atoms with Gasteiger partial charge in [-0.1, -0.05) is 48.5 Å². The van der Waals surface area contributed by atoms with Gasteiger partial charge in [0.2, 0.25) is 15.9 Å². The summed E-state index contributed by atoms with van der Waals surface area (Å²) >= 11 is 0. The zero-order valence-corrected chi connectivity index (χ0v) is 16.6. The van der Waals surface area contributed by atoms with Gasteiger partial charge < -0.3 is 5.32 Å². The smallest absolute Gasteiger partial charge is 0.238 e. The standard InChI is InChI=1S/C21H23N3O3S/c1-15(16-10-12-18(13-11-16)28(22,26)27)24(2)14-21(25)23-20-9-5-7-17-6-3-4-8-19(17)20/h3-13,15H,14H2,1-2H3,(H,23,25)(H2,22,26,27). The van der Waals surface area contributed by atoms with Crippen molar-refractivity contribution in [2.45, 2.75) is 17.9 Å². The zero-order chi connectivity index (χ0) is 20.3. The number of fused-ring (bicyclic) bond motifs is 1. The Hall–Kier alpha value is -2.74. The molecule has 0 fully saturated rings. The summed E-state index contributed by atoms with van der Waals surface area (Å²) in [5.41, 5.74) is 1.68. The van der Waals surface area contributed by atoms with Crippen molar-refractivity contribution in [2.24, 2.45) is 5.14 Å². The minimum atomic E-state index is -3.71. The van der Waals surface area contributed by atoms with Crippen LogP contribution in [0.25, 0.3) is 10.8 Å². The molecule has 0 aliphatic heterocycles. The fourth-order valence-corrected chi connectivity index (χ4v) is 3.59. The van der Waals surface area contributed by atoms with Gasteiger partial charge in [0.05, 0.1) is 11.4 Å². The van der Waals surface area contributed by atoms with E-state index in [1.165, 1.54) is 12.1 Å². The van der Waals surface area contributed by atoms with Gasteiger partial charge >= 0.3 is 0 Å². The number of hydrogen-bond acceptors (Lipinski definition) is 4. The summed E-state index contributed by atoms with van der Waals surface area (Å²) in [6.07, 6.45) is 0. The summed E-state index contributed by atoms with van der Waals surface area (Å²) in [7, 11) is -1.87. The normalized spacial score (nSPS) is 12.9. The summed E-state index contributed by atoms with van der Waals surface area (Å²) in [6.45, 7) is 2.15. The SMILES string of the molecule is CC(c1ccc(S(N)(=O)=O)cc1)N(C)CC(=O)Nc1cccc2ccccc12. The topological polar surface area (TPSA) is 92.5 Å². The molecule has 7 heteroatoms. The zero-order valence-electron chi connectivity index (χ0n) is 15.8. The first-order valence-corrected chi connectivity index (χ1v) is 10.4. The molecular formula is C21H23N3O3S. The van der Waals surface area contributed by atoms with Crippen molar-refractivity contribution in [2.75, 3.05) is 18.9 Å². The Morgan fingerprint density at radius 3 is 2.36 bits per heavy atom. The van der Waals surface area contributed by atoms with E-state index < -0.39 is 10.0 Å². The van der Waals surface area contributed by atoms with Gasteiger partial charge in [-0.3, -0.25) is 9.69 Å². The van der Waals surface area contributed by atoms with Crippen molar-refractivity contribution in [1.82, 2.24) is 4.90 Å². The van der Waals surface area contributed by atoms with Gasteiger partial charge in [0, 0.05) is 17.1 Å². The van der Waals surface area contributed by atoms with Gasteiger partial charge in [-0.15, -0.1) is 0 Å². The number of benzene rings is 3. The minimum Gasteiger partial charge on any atom is -0.324 e. The Labute approximate surface area is 165 Å². The third-order valence-electron chi connectivity index (χ3n) is 4.81. The van der Waals surface area contributed by atoms with E-state index in [-0.39, 0.29) is 23.4 Å². The van der Waals surface area contributed by atoms with Crippen LogP contribution in [0, 0.1) is 0 Å². The molecule has 0 aromatic heterocycles. The predicted octanol–water partition coefficient (Wildman–Crippen LogP) is 3.12. The molecule has 1 amide bonds. The third-order valence-corrected chi connectivity index (χ3v) is 5.74. The molecule has 0 spiro atoms. The Kier molecular flexibility index (Phi) is 5.79. The van der Waals surface area contributed by atoms with Gasteiger partial charge in [0.15, 0.2) is 0 Å². The molecule has 3 aromatic carbocycles. The molecule has 6 nitrogen and oxygen atoms in total. The second kappa shape index (κ2) is 8.10. The second-order valence-electron chi connectivity index (χ2n) is 6.78. The van der Waals surface area contributed by atoms with Gasteiger partial charge in [-0.05, 0) is 43.1 Å². The molecule has 0 saturated carbocycles. The first kappa shape index (κ1) is 20.0. The van der Waals surface area contributed by atoms with E-state index in [0.717, 1.165) is 22.0 Å². The van der Waals surface area contributed by atoms with Crippen LogP contribution in [0.1, 0.15) is 18.5 Å². The summed E-state index contributed by atoms with van der Waals surface area (Å²) in [6, 6.07) is 20.0. The van der Waals surface area contributed by atoms with Crippen LogP contribution in [0.3, 0.4) is 0 Å². The average Bonchev–Trinajstić information content (AvgIpc) is 2.67. The maximum Gasteiger partial charge on any atom is 0.238 e. The van der Waals surface area contributed by atoms with E-state index >= 15 is 0 Å². The Bertz CT molecular complexity index is 1090. The number of carbonyl (C=O) groups excluding carboxylic acids is 1. The number of sulfonamides is 1. The maximum atomic E-state index is 12.5.